The second-order valence-electron chi connectivity index (χ2n) is 7.38. The summed E-state index contributed by atoms with van der Waals surface area (Å²) in [7, 11) is 0. The minimum atomic E-state index is -0.630. The van der Waals surface area contributed by atoms with Crippen molar-refractivity contribution in [2.24, 2.45) is 0 Å². The molecule has 4 rings (SSSR count). The zero-order valence-electron chi connectivity index (χ0n) is 17.8. The highest BCUT2D eigenvalue weighted by Gasteiger charge is 2.35. The van der Waals surface area contributed by atoms with Gasteiger partial charge in [0.05, 0.1) is 28.9 Å². The summed E-state index contributed by atoms with van der Waals surface area (Å²) in [4.78, 5) is 40.7. The molecule has 0 spiro atoms. The van der Waals surface area contributed by atoms with Crippen LogP contribution in [0.15, 0.2) is 48.0 Å². The number of morpholine rings is 1. The molecule has 2 aromatic carbocycles. The molecule has 0 aromatic heterocycles. The number of rotatable bonds is 5. The van der Waals surface area contributed by atoms with E-state index >= 15 is 0 Å². The first-order chi connectivity index (χ1) is 16.3. The Kier molecular flexibility index (Phi) is 7.47. The minimum absolute atomic E-state index is 0.0892. The van der Waals surface area contributed by atoms with Gasteiger partial charge in [-0.2, -0.15) is 0 Å². The van der Waals surface area contributed by atoms with Crippen molar-refractivity contribution in [2.75, 3.05) is 37.8 Å². The molecule has 3 amide bonds. The first kappa shape index (κ1) is 24.2. The van der Waals surface area contributed by atoms with E-state index in [-0.39, 0.29) is 38.9 Å². The van der Waals surface area contributed by atoms with Crippen molar-refractivity contribution in [1.82, 2.24) is 10.2 Å². The molecule has 2 fully saturated rings. The Morgan fingerprint density at radius 3 is 2.53 bits per heavy atom. The lowest BCUT2D eigenvalue weighted by Crippen LogP contribution is -2.54. The van der Waals surface area contributed by atoms with Crippen molar-refractivity contribution in [3.05, 3.63) is 63.6 Å². The Hall–Kier alpha value is -2.98. The molecule has 0 unspecified atom stereocenters. The number of thiocarbonyl (C=S) groups is 1. The summed E-state index contributed by atoms with van der Waals surface area (Å²) in [6.45, 7) is 2.05. The van der Waals surface area contributed by atoms with E-state index in [1.54, 1.807) is 47.4 Å². The van der Waals surface area contributed by atoms with Crippen LogP contribution in [0, 0.1) is 0 Å². The van der Waals surface area contributed by atoms with Crippen LogP contribution in [0.2, 0.25) is 10.0 Å². The van der Waals surface area contributed by atoms with Crippen LogP contribution in [0.3, 0.4) is 0 Å². The van der Waals surface area contributed by atoms with Gasteiger partial charge in [0.25, 0.3) is 17.7 Å². The molecule has 2 aliphatic heterocycles. The van der Waals surface area contributed by atoms with Crippen LogP contribution >= 0.6 is 35.4 Å². The van der Waals surface area contributed by atoms with E-state index in [1.165, 1.54) is 6.08 Å². The third kappa shape index (κ3) is 5.23. The second-order valence-corrected chi connectivity index (χ2v) is 8.55. The molecule has 0 atom stereocenters. The molecule has 34 heavy (non-hydrogen) atoms. The van der Waals surface area contributed by atoms with E-state index in [4.69, 9.17) is 44.9 Å². The van der Waals surface area contributed by atoms with Gasteiger partial charge >= 0.3 is 0 Å². The van der Waals surface area contributed by atoms with E-state index in [9.17, 15) is 14.4 Å². The number of carbonyl (C=O) groups is 3. The van der Waals surface area contributed by atoms with Gasteiger partial charge in [0.1, 0.15) is 11.3 Å². The maximum Gasteiger partial charge on any atom is 0.270 e. The number of nitrogens with one attached hydrogen (secondary N) is 1. The molecular weight excluding hydrogens is 501 g/mol. The van der Waals surface area contributed by atoms with Gasteiger partial charge in [-0.3, -0.25) is 24.6 Å². The number of hydrogen-bond donors (Lipinski definition) is 1. The predicted octanol–water partition coefficient (Wildman–Crippen LogP) is 3.06. The fraction of sp³-hybridized carbons (Fsp3) is 0.217. The smallest absolute Gasteiger partial charge is 0.270 e. The SMILES string of the molecule is O=C1NC(=S)N(c2cccc(Cl)c2Cl)C(=O)/C1=C/c1ccc(OCC(=O)N2CCOCC2)cc1. The van der Waals surface area contributed by atoms with Gasteiger partial charge < -0.3 is 14.4 Å². The molecule has 2 heterocycles. The van der Waals surface area contributed by atoms with Gasteiger partial charge in [-0.25, -0.2) is 0 Å². The summed E-state index contributed by atoms with van der Waals surface area (Å²) < 4.78 is 10.8. The van der Waals surface area contributed by atoms with Gasteiger partial charge in [0, 0.05) is 13.1 Å². The van der Waals surface area contributed by atoms with Crippen LogP contribution < -0.4 is 15.0 Å². The number of amides is 3. The zero-order chi connectivity index (χ0) is 24.2. The zero-order valence-corrected chi connectivity index (χ0v) is 20.1. The van der Waals surface area contributed by atoms with Crippen molar-refractivity contribution >= 4 is 70.0 Å². The summed E-state index contributed by atoms with van der Waals surface area (Å²) in [5.74, 6) is -0.887. The van der Waals surface area contributed by atoms with Crippen molar-refractivity contribution in [3.8, 4) is 5.75 Å². The number of carbonyl (C=O) groups excluding carboxylic acids is 3. The Balaban J connectivity index is 1.48. The van der Waals surface area contributed by atoms with Crippen molar-refractivity contribution in [1.29, 1.82) is 0 Å². The molecule has 0 radical (unpaired) electrons. The summed E-state index contributed by atoms with van der Waals surface area (Å²) >= 11 is 17.5. The second kappa shape index (κ2) is 10.5. The first-order valence-electron chi connectivity index (χ1n) is 10.3. The molecule has 2 aliphatic rings. The van der Waals surface area contributed by atoms with E-state index in [1.807, 2.05) is 0 Å². The highest BCUT2D eigenvalue weighted by molar-refractivity contribution is 7.80. The van der Waals surface area contributed by atoms with Gasteiger partial charge in [-0.1, -0.05) is 41.4 Å². The lowest BCUT2D eigenvalue weighted by atomic mass is 10.1. The quantitative estimate of drug-likeness (QED) is 0.371. The van der Waals surface area contributed by atoms with Crippen molar-refractivity contribution in [3.63, 3.8) is 0 Å². The van der Waals surface area contributed by atoms with E-state index in [0.717, 1.165) is 4.90 Å². The summed E-state index contributed by atoms with van der Waals surface area (Å²) in [5.41, 5.74) is 0.722. The first-order valence-corrected chi connectivity index (χ1v) is 11.5. The third-order valence-electron chi connectivity index (χ3n) is 5.19. The highest BCUT2D eigenvalue weighted by atomic mass is 35.5. The van der Waals surface area contributed by atoms with Crippen LogP contribution in [0.5, 0.6) is 5.75 Å². The number of ether oxygens (including phenoxy) is 2. The fourth-order valence-electron chi connectivity index (χ4n) is 3.42. The van der Waals surface area contributed by atoms with Crippen LogP contribution in [0.25, 0.3) is 6.08 Å². The van der Waals surface area contributed by atoms with Gasteiger partial charge in [-0.05, 0) is 48.1 Å². The third-order valence-corrected chi connectivity index (χ3v) is 6.28. The molecule has 2 saturated heterocycles. The molecular formula is C23H19Cl2N3O5S. The van der Waals surface area contributed by atoms with Crippen LogP contribution in [-0.4, -0.2) is 60.6 Å². The number of hydrogen-bond acceptors (Lipinski definition) is 6. The van der Waals surface area contributed by atoms with E-state index < -0.39 is 11.8 Å². The summed E-state index contributed by atoms with van der Waals surface area (Å²) in [6.07, 6.45) is 1.44. The number of halogens is 2. The summed E-state index contributed by atoms with van der Waals surface area (Å²) in [5, 5.41) is 2.80. The average molecular weight is 520 g/mol. The van der Waals surface area contributed by atoms with Gasteiger partial charge in [-0.15, -0.1) is 0 Å². The van der Waals surface area contributed by atoms with E-state index in [0.29, 0.717) is 37.6 Å². The molecule has 11 heteroatoms. The summed E-state index contributed by atoms with van der Waals surface area (Å²) in [6, 6.07) is 11.4. The standard InChI is InChI=1S/C23H19Cl2N3O5S/c24-17-2-1-3-18(20(17)25)28-22(31)16(21(30)26-23(28)34)12-14-4-6-15(7-5-14)33-13-19(29)27-8-10-32-11-9-27/h1-7,12H,8-11,13H2,(H,26,30,34)/b16-12+. The number of benzene rings is 2. The normalized spacial score (nSPS) is 17.7. The van der Waals surface area contributed by atoms with Gasteiger partial charge in [0.2, 0.25) is 0 Å². The van der Waals surface area contributed by atoms with Crippen molar-refractivity contribution < 1.29 is 23.9 Å². The average Bonchev–Trinajstić information content (AvgIpc) is 2.84. The van der Waals surface area contributed by atoms with E-state index in [2.05, 4.69) is 5.32 Å². The molecule has 2 aromatic rings. The molecule has 176 valence electrons. The maximum absolute atomic E-state index is 13.1. The number of anilines is 1. The van der Waals surface area contributed by atoms with Crippen LogP contribution in [0.4, 0.5) is 5.69 Å². The predicted molar refractivity (Wildman–Crippen MR) is 132 cm³/mol. The minimum Gasteiger partial charge on any atom is -0.484 e. The van der Waals surface area contributed by atoms with Crippen LogP contribution in [0.1, 0.15) is 5.56 Å². The highest BCUT2D eigenvalue weighted by Crippen LogP contribution is 2.34. The Bertz CT molecular complexity index is 1180. The fourth-order valence-corrected chi connectivity index (χ4v) is 4.07. The Morgan fingerprint density at radius 2 is 1.82 bits per heavy atom. The van der Waals surface area contributed by atoms with Crippen LogP contribution in [-0.2, 0) is 19.1 Å². The Morgan fingerprint density at radius 1 is 1.12 bits per heavy atom. The maximum atomic E-state index is 13.1. The molecule has 1 N–H and O–H groups in total. The largest absolute Gasteiger partial charge is 0.484 e. The molecule has 0 aliphatic carbocycles. The monoisotopic (exact) mass is 519 g/mol. The molecule has 8 nitrogen and oxygen atoms in total. The molecule has 0 saturated carbocycles. The lowest BCUT2D eigenvalue weighted by molar-refractivity contribution is -0.137. The topological polar surface area (TPSA) is 88.2 Å². The van der Waals surface area contributed by atoms with Crippen molar-refractivity contribution in [2.45, 2.75) is 0 Å². The lowest BCUT2D eigenvalue weighted by Gasteiger charge is -2.29. The molecule has 0 bridgehead atoms. The Labute approximate surface area is 211 Å². The number of nitrogens with zero attached hydrogens (tertiary/aromatic N) is 2. The van der Waals surface area contributed by atoms with Gasteiger partial charge in [0.15, 0.2) is 11.7 Å².